The zero-order valence-electron chi connectivity index (χ0n) is 14.2. The van der Waals surface area contributed by atoms with Gasteiger partial charge in [0.05, 0.1) is 17.8 Å². The van der Waals surface area contributed by atoms with Crippen LogP contribution in [0.3, 0.4) is 0 Å². The van der Waals surface area contributed by atoms with Crippen molar-refractivity contribution in [3.05, 3.63) is 63.1 Å². The van der Waals surface area contributed by atoms with Gasteiger partial charge in [-0.2, -0.15) is 5.10 Å². The number of nitrogens with zero attached hydrogens (tertiary/aromatic N) is 3. The van der Waals surface area contributed by atoms with Crippen molar-refractivity contribution >= 4 is 33.7 Å². The van der Waals surface area contributed by atoms with Gasteiger partial charge in [0, 0.05) is 37.7 Å². The second-order valence-corrected chi connectivity index (χ2v) is 7.22. The second kappa shape index (κ2) is 8.70. The molecule has 1 aliphatic rings. The number of ether oxygens (including phenoxy) is 1. The van der Waals surface area contributed by atoms with Gasteiger partial charge >= 0.3 is 0 Å². The van der Waals surface area contributed by atoms with Gasteiger partial charge in [-0.15, -0.1) is 0 Å². The van der Waals surface area contributed by atoms with E-state index in [9.17, 15) is 0 Å². The van der Waals surface area contributed by atoms with E-state index >= 15 is 0 Å². The molecule has 0 amide bonds. The molecule has 3 rings (SSSR count). The summed E-state index contributed by atoms with van der Waals surface area (Å²) in [6.45, 7) is 4.68. The summed E-state index contributed by atoms with van der Waals surface area (Å²) in [7, 11) is 1.66. The van der Waals surface area contributed by atoms with Gasteiger partial charge in [0.2, 0.25) is 0 Å². The molecule has 1 heterocycles. The van der Waals surface area contributed by atoms with E-state index in [0.717, 1.165) is 53.5 Å². The molecule has 132 valence electrons. The van der Waals surface area contributed by atoms with Gasteiger partial charge in [-0.3, -0.25) is 9.91 Å². The van der Waals surface area contributed by atoms with Crippen LogP contribution in [0, 0.1) is 0 Å². The van der Waals surface area contributed by atoms with Crippen LogP contribution in [-0.2, 0) is 6.54 Å². The fraction of sp³-hybridized carbons (Fsp3) is 0.316. The Kier molecular flexibility index (Phi) is 6.34. The van der Waals surface area contributed by atoms with Crippen LogP contribution in [0.25, 0.3) is 0 Å². The quantitative estimate of drug-likeness (QED) is 0.674. The first-order valence-corrected chi connectivity index (χ1v) is 9.41. The van der Waals surface area contributed by atoms with Crippen molar-refractivity contribution in [3.8, 4) is 5.75 Å². The van der Waals surface area contributed by atoms with Crippen molar-refractivity contribution in [1.82, 2.24) is 9.91 Å². The van der Waals surface area contributed by atoms with Crippen LogP contribution in [0.2, 0.25) is 5.02 Å². The molecule has 25 heavy (non-hydrogen) atoms. The molecule has 0 unspecified atom stereocenters. The predicted octanol–water partition coefficient (Wildman–Crippen LogP) is 4.26. The highest BCUT2D eigenvalue weighted by Gasteiger charge is 2.16. The average Bonchev–Trinajstić information content (AvgIpc) is 2.63. The third kappa shape index (κ3) is 4.97. The summed E-state index contributed by atoms with van der Waals surface area (Å²) in [4.78, 5) is 2.41. The molecule has 0 spiro atoms. The van der Waals surface area contributed by atoms with E-state index in [4.69, 9.17) is 16.3 Å². The van der Waals surface area contributed by atoms with Crippen molar-refractivity contribution in [2.45, 2.75) is 6.54 Å². The highest BCUT2D eigenvalue weighted by atomic mass is 79.9. The van der Waals surface area contributed by atoms with Crippen molar-refractivity contribution in [2.75, 3.05) is 33.3 Å². The Morgan fingerprint density at radius 2 is 1.92 bits per heavy atom. The third-order valence-electron chi connectivity index (χ3n) is 4.25. The molecule has 0 bridgehead atoms. The normalized spacial score (nSPS) is 15.7. The lowest BCUT2D eigenvalue weighted by Crippen LogP contribution is -2.43. The SMILES string of the molecule is COc1ccc(/C=N\N2CCN(Cc3ccccc3Cl)CC2)cc1Br. The fourth-order valence-electron chi connectivity index (χ4n) is 2.79. The Morgan fingerprint density at radius 1 is 1.16 bits per heavy atom. The summed E-state index contributed by atoms with van der Waals surface area (Å²) in [6.07, 6.45) is 1.90. The van der Waals surface area contributed by atoms with E-state index in [1.807, 2.05) is 42.6 Å². The first kappa shape index (κ1) is 18.2. The molecule has 1 aliphatic heterocycles. The summed E-state index contributed by atoms with van der Waals surface area (Å²) in [6, 6.07) is 14.0. The molecule has 0 saturated carbocycles. The molecule has 2 aromatic rings. The van der Waals surface area contributed by atoms with Gasteiger partial charge in [-0.25, -0.2) is 0 Å². The standard InChI is InChI=1S/C19H21BrClN3O/c1-25-19-7-6-15(12-17(19)20)13-22-24-10-8-23(9-11-24)14-16-4-2-3-5-18(16)21/h2-7,12-13H,8-11,14H2,1H3/b22-13-. The monoisotopic (exact) mass is 421 g/mol. The van der Waals surface area contributed by atoms with E-state index in [0.29, 0.717) is 0 Å². The van der Waals surface area contributed by atoms with Gasteiger partial charge in [0.1, 0.15) is 5.75 Å². The zero-order valence-corrected chi connectivity index (χ0v) is 16.5. The van der Waals surface area contributed by atoms with Crippen molar-refractivity contribution in [1.29, 1.82) is 0 Å². The van der Waals surface area contributed by atoms with E-state index in [1.165, 1.54) is 5.56 Å². The molecule has 0 aliphatic carbocycles. The second-order valence-electron chi connectivity index (χ2n) is 5.96. The van der Waals surface area contributed by atoms with Crippen LogP contribution in [0.5, 0.6) is 5.75 Å². The molecule has 4 nitrogen and oxygen atoms in total. The maximum atomic E-state index is 6.25. The van der Waals surface area contributed by atoms with Crippen LogP contribution in [0.4, 0.5) is 0 Å². The molecule has 6 heteroatoms. The van der Waals surface area contributed by atoms with Gasteiger partial charge in [-0.05, 0) is 51.3 Å². The molecular formula is C19H21BrClN3O. The number of hydrazone groups is 1. The summed E-state index contributed by atoms with van der Waals surface area (Å²) in [5.74, 6) is 0.824. The lowest BCUT2D eigenvalue weighted by molar-refractivity contribution is 0.131. The summed E-state index contributed by atoms with van der Waals surface area (Å²) < 4.78 is 6.18. The smallest absolute Gasteiger partial charge is 0.133 e. The van der Waals surface area contributed by atoms with E-state index in [-0.39, 0.29) is 0 Å². The highest BCUT2D eigenvalue weighted by Crippen LogP contribution is 2.25. The number of rotatable bonds is 5. The van der Waals surface area contributed by atoms with Gasteiger partial charge < -0.3 is 4.74 Å². The van der Waals surface area contributed by atoms with Crippen LogP contribution in [0.15, 0.2) is 52.0 Å². The molecule has 2 aromatic carbocycles. The Labute approximate surface area is 162 Å². The highest BCUT2D eigenvalue weighted by molar-refractivity contribution is 9.10. The number of methoxy groups -OCH3 is 1. The number of benzene rings is 2. The molecule has 0 N–H and O–H groups in total. The summed E-state index contributed by atoms with van der Waals surface area (Å²) in [5.41, 5.74) is 2.23. The minimum atomic E-state index is 0.824. The Hall–Kier alpha value is -1.56. The Balaban J connectivity index is 1.52. The molecule has 0 aromatic heterocycles. The van der Waals surface area contributed by atoms with E-state index in [1.54, 1.807) is 7.11 Å². The van der Waals surface area contributed by atoms with Crippen LogP contribution in [-0.4, -0.2) is 49.4 Å². The first-order valence-electron chi connectivity index (χ1n) is 8.24. The van der Waals surface area contributed by atoms with Gasteiger partial charge in [-0.1, -0.05) is 29.8 Å². The summed E-state index contributed by atoms with van der Waals surface area (Å²) >= 11 is 9.75. The van der Waals surface area contributed by atoms with Crippen LogP contribution >= 0.6 is 27.5 Å². The molecule has 0 radical (unpaired) electrons. The number of piperazine rings is 1. The fourth-order valence-corrected chi connectivity index (χ4v) is 3.54. The zero-order chi connectivity index (χ0) is 17.6. The molecule has 1 saturated heterocycles. The van der Waals surface area contributed by atoms with Crippen molar-refractivity contribution in [2.24, 2.45) is 5.10 Å². The summed E-state index contributed by atoms with van der Waals surface area (Å²) in [5, 5.41) is 7.56. The Bertz CT molecular complexity index is 745. The van der Waals surface area contributed by atoms with Gasteiger partial charge in [0.15, 0.2) is 0 Å². The number of halogens is 2. The maximum Gasteiger partial charge on any atom is 0.133 e. The van der Waals surface area contributed by atoms with E-state index in [2.05, 4.69) is 37.0 Å². The lowest BCUT2D eigenvalue weighted by atomic mass is 10.2. The van der Waals surface area contributed by atoms with Crippen molar-refractivity contribution < 1.29 is 4.74 Å². The minimum Gasteiger partial charge on any atom is -0.496 e. The maximum absolute atomic E-state index is 6.25. The van der Waals surface area contributed by atoms with Gasteiger partial charge in [0.25, 0.3) is 0 Å². The lowest BCUT2D eigenvalue weighted by Gasteiger charge is -2.33. The Morgan fingerprint density at radius 3 is 2.60 bits per heavy atom. The third-order valence-corrected chi connectivity index (χ3v) is 5.23. The predicted molar refractivity (Wildman–Crippen MR) is 107 cm³/mol. The molecular weight excluding hydrogens is 402 g/mol. The van der Waals surface area contributed by atoms with E-state index < -0.39 is 0 Å². The number of hydrogen-bond donors (Lipinski definition) is 0. The molecule has 1 fully saturated rings. The minimum absolute atomic E-state index is 0.824. The average molecular weight is 423 g/mol. The van der Waals surface area contributed by atoms with Crippen molar-refractivity contribution in [3.63, 3.8) is 0 Å². The first-order chi connectivity index (χ1) is 12.2. The number of hydrogen-bond acceptors (Lipinski definition) is 4. The largest absolute Gasteiger partial charge is 0.496 e. The topological polar surface area (TPSA) is 28.1 Å². The van der Waals surface area contributed by atoms with Crippen LogP contribution < -0.4 is 4.74 Å². The van der Waals surface area contributed by atoms with Crippen LogP contribution in [0.1, 0.15) is 11.1 Å². The molecule has 0 atom stereocenters.